The maximum atomic E-state index is 12.8. The van der Waals surface area contributed by atoms with Crippen molar-refractivity contribution in [2.24, 2.45) is 0 Å². The van der Waals surface area contributed by atoms with Crippen LogP contribution in [0.1, 0.15) is 6.92 Å². The van der Waals surface area contributed by atoms with Gasteiger partial charge in [-0.05, 0) is 49.4 Å². The summed E-state index contributed by atoms with van der Waals surface area (Å²) in [6, 6.07) is 7.98. The molecule has 0 aromatic heterocycles. The SMILES string of the molecule is C[C@H](NS(=O)(=O)c1cc(Cl)ccc1Cl)C(=O)Nc1ccc(F)cc1. The van der Waals surface area contributed by atoms with E-state index in [0.29, 0.717) is 5.69 Å². The van der Waals surface area contributed by atoms with Crippen LogP contribution in [-0.4, -0.2) is 20.4 Å². The van der Waals surface area contributed by atoms with E-state index >= 15 is 0 Å². The van der Waals surface area contributed by atoms with Crippen molar-refractivity contribution in [2.75, 3.05) is 5.32 Å². The fraction of sp³-hybridized carbons (Fsp3) is 0.133. The molecule has 5 nitrogen and oxygen atoms in total. The Kier molecular flexibility index (Phi) is 5.82. The largest absolute Gasteiger partial charge is 0.325 e. The Hall–Kier alpha value is -1.67. The summed E-state index contributed by atoms with van der Waals surface area (Å²) in [6.07, 6.45) is 0. The quantitative estimate of drug-likeness (QED) is 0.820. The maximum Gasteiger partial charge on any atom is 0.242 e. The summed E-state index contributed by atoms with van der Waals surface area (Å²) in [4.78, 5) is 11.8. The van der Waals surface area contributed by atoms with Crippen LogP contribution in [0.3, 0.4) is 0 Å². The van der Waals surface area contributed by atoms with Crippen LogP contribution in [0.4, 0.5) is 10.1 Å². The fourth-order valence-corrected chi connectivity index (χ4v) is 3.78. The van der Waals surface area contributed by atoms with Gasteiger partial charge in [0, 0.05) is 10.7 Å². The van der Waals surface area contributed by atoms with Crippen molar-refractivity contribution in [1.82, 2.24) is 4.72 Å². The molecule has 128 valence electrons. The number of amides is 1. The molecule has 2 N–H and O–H groups in total. The van der Waals surface area contributed by atoms with Gasteiger partial charge in [0.15, 0.2) is 0 Å². The second kappa shape index (κ2) is 7.48. The van der Waals surface area contributed by atoms with Crippen LogP contribution in [-0.2, 0) is 14.8 Å². The lowest BCUT2D eigenvalue weighted by molar-refractivity contribution is -0.117. The zero-order valence-electron chi connectivity index (χ0n) is 12.4. The van der Waals surface area contributed by atoms with Crippen LogP contribution < -0.4 is 10.0 Å². The molecule has 1 atom stereocenters. The fourth-order valence-electron chi connectivity index (χ4n) is 1.82. The Bertz CT molecular complexity index is 858. The van der Waals surface area contributed by atoms with E-state index < -0.39 is 27.8 Å². The van der Waals surface area contributed by atoms with Gasteiger partial charge in [-0.2, -0.15) is 4.72 Å². The molecule has 0 saturated carbocycles. The van der Waals surface area contributed by atoms with Gasteiger partial charge < -0.3 is 5.32 Å². The van der Waals surface area contributed by atoms with Crippen molar-refractivity contribution < 1.29 is 17.6 Å². The van der Waals surface area contributed by atoms with E-state index in [9.17, 15) is 17.6 Å². The lowest BCUT2D eigenvalue weighted by atomic mass is 10.3. The zero-order valence-corrected chi connectivity index (χ0v) is 14.7. The highest BCUT2D eigenvalue weighted by Gasteiger charge is 2.24. The Morgan fingerprint density at radius 3 is 2.38 bits per heavy atom. The molecule has 0 aliphatic rings. The molecule has 2 rings (SSSR count). The predicted octanol–water partition coefficient (Wildman–Crippen LogP) is 3.44. The first-order valence-electron chi connectivity index (χ1n) is 6.73. The third kappa shape index (κ3) is 4.67. The third-order valence-corrected chi connectivity index (χ3v) is 5.28. The molecule has 0 unspecified atom stereocenters. The van der Waals surface area contributed by atoms with Gasteiger partial charge >= 0.3 is 0 Å². The first-order chi connectivity index (χ1) is 11.2. The Balaban J connectivity index is 2.12. The normalized spacial score (nSPS) is 12.7. The number of nitrogens with one attached hydrogen (secondary N) is 2. The van der Waals surface area contributed by atoms with E-state index in [0.717, 1.165) is 0 Å². The first-order valence-corrected chi connectivity index (χ1v) is 8.97. The van der Waals surface area contributed by atoms with E-state index in [1.807, 2.05) is 0 Å². The van der Waals surface area contributed by atoms with Crippen LogP contribution in [0.25, 0.3) is 0 Å². The molecule has 0 saturated heterocycles. The number of hydrogen-bond acceptors (Lipinski definition) is 3. The number of sulfonamides is 1. The monoisotopic (exact) mass is 390 g/mol. The van der Waals surface area contributed by atoms with E-state index in [-0.39, 0.29) is 14.9 Å². The summed E-state index contributed by atoms with van der Waals surface area (Å²) in [6.45, 7) is 1.37. The second-order valence-electron chi connectivity index (χ2n) is 4.91. The van der Waals surface area contributed by atoms with Crippen LogP contribution in [0.15, 0.2) is 47.4 Å². The molecule has 0 radical (unpaired) electrons. The summed E-state index contributed by atoms with van der Waals surface area (Å²) in [7, 11) is -4.04. The molecular weight excluding hydrogens is 378 g/mol. The summed E-state index contributed by atoms with van der Waals surface area (Å²) >= 11 is 11.7. The highest BCUT2D eigenvalue weighted by atomic mass is 35.5. The standard InChI is InChI=1S/C15H13Cl2FN2O3S/c1-9(15(21)19-12-5-3-11(18)4-6-12)20-24(22,23)14-8-10(16)2-7-13(14)17/h2-9,20H,1H3,(H,19,21)/t9-/m0/s1. The number of halogens is 3. The van der Waals surface area contributed by atoms with Gasteiger partial charge in [0.05, 0.1) is 11.1 Å². The predicted molar refractivity (Wildman–Crippen MR) is 91.3 cm³/mol. The Labute approximate surface area is 148 Å². The minimum atomic E-state index is -4.04. The molecule has 24 heavy (non-hydrogen) atoms. The lowest BCUT2D eigenvalue weighted by Crippen LogP contribution is -2.41. The zero-order chi connectivity index (χ0) is 17.9. The van der Waals surface area contributed by atoms with Gasteiger partial charge in [-0.1, -0.05) is 23.2 Å². The van der Waals surface area contributed by atoms with Gasteiger partial charge in [0.2, 0.25) is 15.9 Å². The molecule has 1 amide bonds. The Morgan fingerprint density at radius 2 is 1.75 bits per heavy atom. The van der Waals surface area contributed by atoms with Crippen LogP contribution in [0.2, 0.25) is 10.0 Å². The molecule has 0 heterocycles. The minimum absolute atomic E-state index is 0.0157. The van der Waals surface area contributed by atoms with E-state index in [1.165, 1.54) is 49.4 Å². The van der Waals surface area contributed by atoms with E-state index in [2.05, 4.69) is 10.0 Å². The number of benzene rings is 2. The van der Waals surface area contributed by atoms with Crippen molar-refractivity contribution in [2.45, 2.75) is 17.9 Å². The lowest BCUT2D eigenvalue weighted by Gasteiger charge is -2.15. The molecule has 0 fully saturated rings. The molecule has 2 aromatic rings. The number of rotatable bonds is 5. The molecule has 0 spiro atoms. The smallest absolute Gasteiger partial charge is 0.242 e. The highest BCUT2D eigenvalue weighted by Crippen LogP contribution is 2.25. The van der Waals surface area contributed by atoms with Crippen LogP contribution >= 0.6 is 23.2 Å². The second-order valence-corrected chi connectivity index (χ2v) is 7.44. The molecule has 2 aromatic carbocycles. The van der Waals surface area contributed by atoms with Crippen molar-refractivity contribution >= 4 is 44.8 Å². The van der Waals surface area contributed by atoms with Crippen LogP contribution in [0.5, 0.6) is 0 Å². The van der Waals surface area contributed by atoms with E-state index in [1.54, 1.807) is 0 Å². The van der Waals surface area contributed by atoms with Crippen molar-refractivity contribution in [3.8, 4) is 0 Å². The minimum Gasteiger partial charge on any atom is -0.325 e. The van der Waals surface area contributed by atoms with Crippen molar-refractivity contribution in [1.29, 1.82) is 0 Å². The molecule has 0 aliphatic carbocycles. The maximum absolute atomic E-state index is 12.8. The number of anilines is 1. The van der Waals surface area contributed by atoms with Gasteiger partial charge in [-0.25, -0.2) is 12.8 Å². The number of carbonyl (C=O) groups is 1. The molecule has 0 bridgehead atoms. The Morgan fingerprint density at radius 1 is 1.12 bits per heavy atom. The first kappa shape index (κ1) is 18.7. The average molecular weight is 391 g/mol. The molecular formula is C15H13Cl2FN2O3S. The van der Waals surface area contributed by atoms with Gasteiger partial charge in [-0.15, -0.1) is 0 Å². The van der Waals surface area contributed by atoms with Gasteiger partial charge in [0.1, 0.15) is 10.7 Å². The molecule has 9 heteroatoms. The summed E-state index contributed by atoms with van der Waals surface area (Å²) < 4.78 is 39.7. The highest BCUT2D eigenvalue weighted by molar-refractivity contribution is 7.89. The molecule has 0 aliphatic heterocycles. The van der Waals surface area contributed by atoms with Crippen LogP contribution in [0, 0.1) is 5.82 Å². The van der Waals surface area contributed by atoms with Crippen molar-refractivity contribution in [3.05, 3.63) is 58.3 Å². The van der Waals surface area contributed by atoms with Crippen molar-refractivity contribution in [3.63, 3.8) is 0 Å². The summed E-state index contributed by atoms with van der Waals surface area (Å²) in [5.41, 5.74) is 0.341. The topological polar surface area (TPSA) is 75.3 Å². The van der Waals surface area contributed by atoms with Gasteiger partial charge in [-0.3, -0.25) is 4.79 Å². The summed E-state index contributed by atoms with van der Waals surface area (Å²) in [5.74, 6) is -1.05. The van der Waals surface area contributed by atoms with Gasteiger partial charge in [0.25, 0.3) is 0 Å². The third-order valence-electron chi connectivity index (χ3n) is 3.02. The average Bonchev–Trinajstić information content (AvgIpc) is 2.51. The number of hydrogen-bond donors (Lipinski definition) is 2. The van der Waals surface area contributed by atoms with E-state index in [4.69, 9.17) is 23.2 Å². The summed E-state index contributed by atoms with van der Waals surface area (Å²) in [5, 5.41) is 2.66. The number of carbonyl (C=O) groups excluding carboxylic acids is 1.